The maximum Gasteiger partial charge on any atom is 0.252 e. The van der Waals surface area contributed by atoms with E-state index in [1.165, 1.54) is 80.5 Å². The molecule has 0 amide bonds. The van der Waals surface area contributed by atoms with Gasteiger partial charge in [-0.2, -0.15) is 0 Å². The molecule has 0 saturated heterocycles. The molecule has 368 valence electrons. The second-order valence-corrected chi connectivity index (χ2v) is 21.8. The quantitative estimate of drug-likeness (QED) is 0.148. The molecular weight excluding hydrogens is 978 g/mol. The van der Waals surface area contributed by atoms with Gasteiger partial charge in [-0.25, -0.2) is 0 Å². The molecule has 2 aliphatic rings. The van der Waals surface area contributed by atoms with Crippen LogP contribution in [0.25, 0.3) is 75.2 Å². The monoisotopic (exact) mass is 1020 g/mol. The van der Waals surface area contributed by atoms with Gasteiger partial charge in [-0.05, 0) is 132 Å². The molecule has 0 fully saturated rings. The van der Waals surface area contributed by atoms with Gasteiger partial charge in [-0.15, -0.1) is 11.3 Å². The molecule has 0 N–H and O–H groups in total. The molecule has 0 saturated carbocycles. The fourth-order valence-corrected chi connectivity index (χ4v) is 14.7. The highest BCUT2D eigenvalue weighted by molar-refractivity contribution is 7.26. The molecule has 79 heavy (non-hydrogen) atoms. The molecular formula is C72H46BN5S. The van der Waals surface area contributed by atoms with Crippen molar-refractivity contribution in [3.8, 4) is 11.4 Å². The average molecular weight is 1020 g/mol. The predicted octanol–water partition coefficient (Wildman–Crippen LogP) is 17.8. The topological polar surface area (TPSA) is 19.6 Å². The van der Waals surface area contributed by atoms with Crippen LogP contribution in [0, 0.1) is 0 Å². The van der Waals surface area contributed by atoms with Crippen molar-refractivity contribution in [1.82, 2.24) is 9.13 Å². The van der Waals surface area contributed by atoms with Gasteiger partial charge in [0.2, 0.25) is 0 Å². The van der Waals surface area contributed by atoms with Gasteiger partial charge in [0.25, 0.3) is 6.71 Å². The molecule has 0 atom stereocenters. The van der Waals surface area contributed by atoms with Crippen LogP contribution in [0.2, 0.25) is 0 Å². The summed E-state index contributed by atoms with van der Waals surface area (Å²) in [4.78, 5) is 7.74. The van der Waals surface area contributed by atoms with Crippen LogP contribution in [-0.4, -0.2) is 15.8 Å². The first kappa shape index (κ1) is 44.1. The standard InChI is InChI=1S/C72H46BN5S/c1-6-23-47(24-7-1)74(60-38-22-40-66-67(60)55-35-18-21-39-65(55)79-66)52-45-63-70-64(46-52)78(51-31-14-5-15-32-51)72-57(42-44-62-69(72)54-34-17-20-37-59(54)76(62)49-27-10-3-11-28-49)73(70)56-41-43-61-68(71(56)77(63)50-29-12-4-13-30-50)53-33-16-19-36-58(53)75(61)48-25-8-2-9-26-48/h1-46H. The third-order valence-corrected chi connectivity index (χ3v) is 17.7. The smallest absolute Gasteiger partial charge is 0.252 e. The zero-order valence-electron chi connectivity index (χ0n) is 42.8. The Bertz CT molecular complexity index is 4690. The molecule has 12 aromatic carbocycles. The lowest BCUT2D eigenvalue weighted by molar-refractivity contribution is 1.18. The molecule has 17 rings (SSSR count). The van der Waals surface area contributed by atoms with Crippen molar-refractivity contribution in [2.75, 3.05) is 14.7 Å². The van der Waals surface area contributed by atoms with E-state index in [1.807, 2.05) is 11.3 Å². The lowest BCUT2D eigenvalue weighted by Crippen LogP contribution is -2.61. The first-order valence-electron chi connectivity index (χ1n) is 27.1. The summed E-state index contributed by atoms with van der Waals surface area (Å²) in [6.45, 7) is -0.162. The lowest BCUT2D eigenvalue weighted by Gasteiger charge is -2.45. The number of nitrogens with zero attached hydrogens (tertiary/aromatic N) is 5. The van der Waals surface area contributed by atoms with E-state index in [4.69, 9.17) is 0 Å². The van der Waals surface area contributed by atoms with Crippen LogP contribution in [0.5, 0.6) is 0 Å². The fraction of sp³-hybridized carbons (Fsp3) is 0. The number of benzene rings is 12. The normalized spacial score (nSPS) is 12.7. The van der Waals surface area contributed by atoms with E-state index in [0.29, 0.717) is 0 Å². The van der Waals surface area contributed by atoms with Crippen LogP contribution in [0.1, 0.15) is 0 Å². The summed E-state index contributed by atoms with van der Waals surface area (Å²) < 4.78 is 7.45. The molecule has 0 radical (unpaired) electrons. The maximum absolute atomic E-state index is 2.61. The van der Waals surface area contributed by atoms with Crippen LogP contribution < -0.4 is 31.1 Å². The van der Waals surface area contributed by atoms with Gasteiger partial charge >= 0.3 is 0 Å². The molecule has 15 aromatic rings. The fourth-order valence-electron chi connectivity index (χ4n) is 13.5. The number of aromatic nitrogens is 2. The number of hydrogen-bond donors (Lipinski definition) is 0. The first-order valence-corrected chi connectivity index (χ1v) is 28.0. The minimum Gasteiger partial charge on any atom is -0.311 e. The van der Waals surface area contributed by atoms with Crippen LogP contribution in [0.15, 0.2) is 279 Å². The van der Waals surface area contributed by atoms with Crippen molar-refractivity contribution < 1.29 is 0 Å². The van der Waals surface area contributed by atoms with Crippen molar-refractivity contribution in [3.05, 3.63) is 279 Å². The molecule has 5 heterocycles. The van der Waals surface area contributed by atoms with Gasteiger partial charge in [-0.3, -0.25) is 0 Å². The largest absolute Gasteiger partial charge is 0.311 e. The van der Waals surface area contributed by atoms with Crippen molar-refractivity contribution in [3.63, 3.8) is 0 Å². The van der Waals surface area contributed by atoms with Crippen molar-refractivity contribution >= 4 is 149 Å². The third-order valence-electron chi connectivity index (χ3n) is 16.6. The summed E-state index contributed by atoms with van der Waals surface area (Å²) in [5.41, 5.74) is 20.9. The first-order chi connectivity index (χ1) is 39.3. The third kappa shape index (κ3) is 6.39. The molecule has 0 spiro atoms. The highest BCUT2D eigenvalue weighted by Crippen LogP contribution is 2.54. The van der Waals surface area contributed by atoms with Gasteiger partial charge in [-0.1, -0.05) is 164 Å². The zero-order chi connectivity index (χ0) is 51.7. The summed E-state index contributed by atoms with van der Waals surface area (Å²) >= 11 is 1.86. The zero-order valence-corrected chi connectivity index (χ0v) is 43.6. The molecule has 3 aromatic heterocycles. The van der Waals surface area contributed by atoms with Gasteiger partial charge in [0.15, 0.2) is 0 Å². The number of hydrogen-bond acceptors (Lipinski definition) is 4. The summed E-state index contributed by atoms with van der Waals surface area (Å²) in [7, 11) is 0. The Balaban J connectivity index is 1.07. The van der Waals surface area contributed by atoms with Crippen LogP contribution in [0.3, 0.4) is 0 Å². The SMILES string of the molecule is c1ccc(N(c2cc3c4c(c2)N(c2ccccc2)c2c(ccc5c2c2ccccc2n5-c2ccccc2)B4c2ccc4c(c2N3c2ccccc2)c2ccccc2n4-c2ccccc2)c2cccc3sc4ccccc4c23)cc1. The Labute approximate surface area is 461 Å². The number of thiophene rings is 1. The summed E-state index contributed by atoms with van der Waals surface area (Å²) in [6, 6.07) is 103. The Morgan fingerprint density at radius 1 is 0.316 bits per heavy atom. The minimum absolute atomic E-state index is 0.162. The lowest BCUT2D eigenvalue weighted by atomic mass is 9.33. The average Bonchev–Trinajstić information content (AvgIpc) is 4.28. The van der Waals surface area contributed by atoms with Crippen LogP contribution >= 0.6 is 11.3 Å². The second-order valence-electron chi connectivity index (χ2n) is 20.8. The van der Waals surface area contributed by atoms with E-state index in [1.54, 1.807) is 0 Å². The second kappa shape index (κ2) is 17.2. The summed E-state index contributed by atoms with van der Waals surface area (Å²) in [5.74, 6) is 0. The van der Waals surface area contributed by atoms with E-state index < -0.39 is 0 Å². The van der Waals surface area contributed by atoms with Crippen molar-refractivity contribution in [2.24, 2.45) is 0 Å². The molecule has 0 aliphatic carbocycles. The van der Waals surface area contributed by atoms with E-state index in [-0.39, 0.29) is 6.71 Å². The van der Waals surface area contributed by atoms with E-state index in [2.05, 4.69) is 303 Å². The highest BCUT2D eigenvalue weighted by atomic mass is 32.1. The molecule has 0 bridgehead atoms. The molecule has 2 aliphatic heterocycles. The van der Waals surface area contributed by atoms with Gasteiger partial charge in [0, 0.05) is 81.5 Å². The molecule has 7 heteroatoms. The van der Waals surface area contributed by atoms with E-state index >= 15 is 0 Å². The highest BCUT2D eigenvalue weighted by Gasteiger charge is 2.46. The van der Waals surface area contributed by atoms with Crippen molar-refractivity contribution in [2.45, 2.75) is 0 Å². The van der Waals surface area contributed by atoms with Gasteiger partial charge in [0.05, 0.1) is 44.8 Å². The van der Waals surface area contributed by atoms with E-state index in [9.17, 15) is 0 Å². The Hall–Kier alpha value is -10.1. The van der Waals surface area contributed by atoms with Crippen molar-refractivity contribution in [1.29, 1.82) is 0 Å². The number of fused-ring (bicyclic) bond motifs is 15. The van der Waals surface area contributed by atoms with Gasteiger partial charge in [0.1, 0.15) is 0 Å². The van der Waals surface area contributed by atoms with E-state index in [0.717, 1.165) is 62.2 Å². The van der Waals surface area contributed by atoms with Crippen LogP contribution in [-0.2, 0) is 0 Å². The summed E-state index contributed by atoms with van der Waals surface area (Å²) in [5, 5.41) is 7.38. The molecule has 5 nitrogen and oxygen atoms in total. The Morgan fingerprint density at radius 3 is 1.27 bits per heavy atom. The number of para-hydroxylation sites is 7. The van der Waals surface area contributed by atoms with Crippen LogP contribution in [0.4, 0.5) is 51.2 Å². The maximum atomic E-state index is 2.61. The Kier molecular flexibility index (Phi) is 9.61. The minimum atomic E-state index is -0.162. The number of rotatable bonds is 7. The number of anilines is 9. The molecule has 0 unspecified atom stereocenters. The summed E-state index contributed by atoms with van der Waals surface area (Å²) in [6.07, 6.45) is 0. The van der Waals surface area contributed by atoms with Gasteiger partial charge < -0.3 is 23.8 Å². The predicted molar refractivity (Wildman–Crippen MR) is 337 cm³/mol. The Morgan fingerprint density at radius 2 is 0.747 bits per heavy atom.